The zero-order valence-corrected chi connectivity index (χ0v) is 32.1. The summed E-state index contributed by atoms with van der Waals surface area (Å²) in [4.78, 5) is 39.3. The lowest BCUT2D eigenvalue weighted by atomic mass is 10.1. The number of nitrogens with zero attached hydrogens (tertiary/aromatic N) is 5. The van der Waals surface area contributed by atoms with Gasteiger partial charge in [0.25, 0.3) is 11.5 Å². The number of aryl methyl sites for hydroxylation is 2. The molecule has 4 rings (SSSR count). The zero-order chi connectivity index (χ0) is 34.6. The van der Waals surface area contributed by atoms with E-state index in [1.165, 1.54) is 4.68 Å². The number of unbranched alkanes of at least 4 members (excludes halogenated alkanes) is 2. The molecule has 0 radical (unpaired) electrons. The second-order valence-electron chi connectivity index (χ2n) is 15.2. The van der Waals surface area contributed by atoms with Crippen molar-refractivity contribution in [1.29, 1.82) is 0 Å². The zero-order valence-electron chi connectivity index (χ0n) is 30.1. The first-order chi connectivity index (χ1) is 22.0. The van der Waals surface area contributed by atoms with Crippen LogP contribution in [-0.4, -0.2) is 59.4 Å². The quantitative estimate of drug-likeness (QED) is 0.113. The monoisotopic (exact) mass is 678 g/mol. The average molecular weight is 679 g/mol. The Morgan fingerprint density at radius 3 is 2.45 bits per heavy atom. The number of hydrogen-bond acceptors (Lipinski definition) is 5. The molecule has 1 amide bonds. The van der Waals surface area contributed by atoms with Crippen molar-refractivity contribution < 1.29 is 14.0 Å². The van der Waals surface area contributed by atoms with E-state index in [-0.39, 0.29) is 17.3 Å². The van der Waals surface area contributed by atoms with E-state index in [1.807, 2.05) is 31.2 Å². The summed E-state index contributed by atoms with van der Waals surface area (Å²) in [6.07, 6.45) is 4.68. The Morgan fingerprint density at radius 1 is 1.02 bits per heavy atom. The fourth-order valence-corrected chi connectivity index (χ4v) is 6.88. The van der Waals surface area contributed by atoms with Crippen molar-refractivity contribution in [2.24, 2.45) is 12.0 Å². The van der Waals surface area contributed by atoms with Crippen molar-refractivity contribution in [1.82, 2.24) is 23.9 Å². The number of rotatable bonds is 14. The van der Waals surface area contributed by atoms with Crippen LogP contribution in [0.2, 0.25) is 43.8 Å². The Hall–Kier alpha value is -3.33. The molecular weight excluding hydrogens is 625 g/mol. The summed E-state index contributed by atoms with van der Waals surface area (Å²) in [5, 5.41) is 0.200. The number of aromatic amines is 1. The number of H-pyrrole nitrogens is 1. The van der Waals surface area contributed by atoms with E-state index < -0.39 is 22.3 Å². The number of fused-ring (bicyclic) bond motifs is 1. The number of ether oxygens (including phenoxy) is 1. The smallest absolute Gasteiger partial charge is 0.280 e. The summed E-state index contributed by atoms with van der Waals surface area (Å²) in [6, 6.07) is 12.4. The number of hydrogen-bond donors (Lipinski definition) is 1. The van der Waals surface area contributed by atoms with E-state index in [0.717, 1.165) is 49.5 Å². The van der Waals surface area contributed by atoms with Crippen molar-refractivity contribution in [3.05, 3.63) is 69.8 Å². The molecule has 0 spiro atoms. The first kappa shape index (κ1) is 36.5. The highest BCUT2D eigenvalue weighted by molar-refractivity contribution is 6.76. The maximum absolute atomic E-state index is 13.6. The van der Waals surface area contributed by atoms with Crippen molar-refractivity contribution in [2.75, 3.05) is 13.2 Å². The molecule has 10 nitrogen and oxygen atoms in total. The number of benzene rings is 1. The molecule has 0 saturated heterocycles. The number of carbonyl (C=O) groups excluding carboxylic acids is 1. The number of aromatic nitrogens is 5. The van der Waals surface area contributed by atoms with Crippen LogP contribution in [0.4, 0.5) is 0 Å². The van der Waals surface area contributed by atoms with Gasteiger partial charge in [0.05, 0.1) is 22.3 Å². The molecule has 0 atom stereocenters. The molecule has 12 heteroatoms. The summed E-state index contributed by atoms with van der Waals surface area (Å²) in [5.74, 6) is -0.397. The van der Waals surface area contributed by atoms with Crippen LogP contribution >= 0.6 is 0 Å². The summed E-state index contributed by atoms with van der Waals surface area (Å²) < 4.78 is 17.6. The molecule has 1 N–H and O–H groups in total. The van der Waals surface area contributed by atoms with Gasteiger partial charge < -0.3 is 18.7 Å². The third-order valence-corrected chi connectivity index (χ3v) is 15.3. The second-order valence-corrected chi connectivity index (χ2v) is 25.7. The van der Waals surface area contributed by atoms with Crippen molar-refractivity contribution in [3.63, 3.8) is 0 Å². The number of carbonyl (C=O) groups is 1. The minimum atomic E-state index is -1.75. The van der Waals surface area contributed by atoms with Gasteiger partial charge in [0.15, 0.2) is 8.32 Å². The highest BCUT2D eigenvalue weighted by Gasteiger charge is 2.36. The highest BCUT2D eigenvalue weighted by Crippen LogP contribution is 2.36. The topological polar surface area (TPSA) is 108 Å². The van der Waals surface area contributed by atoms with Gasteiger partial charge >= 0.3 is 0 Å². The molecule has 1 aromatic carbocycles. The van der Waals surface area contributed by atoms with Gasteiger partial charge in [0.1, 0.15) is 6.73 Å². The Kier molecular flexibility index (Phi) is 11.5. The first-order valence-corrected chi connectivity index (χ1v) is 23.3. The SMILES string of the molecule is Cc1cc(C(=O)/N=c2\[nH]c3ccccc3n2CCCCCO[Si](C)(C)C(C)(C)C)cc(-c2cn(COCC[Si](C)(C)C)n(C)c2=O)n1. The molecule has 256 valence electrons. The Balaban J connectivity index is 1.52. The molecule has 0 bridgehead atoms. The van der Waals surface area contributed by atoms with Crippen molar-refractivity contribution >= 4 is 33.3 Å². The van der Waals surface area contributed by atoms with Crippen LogP contribution in [0.15, 0.2) is 52.4 Å². The summed E-state index contributed by atoms with van der Waals surface area (Å²) >= 11 is 0. The van der Waals surface area contributed by atoms with E-state index in [0.29, 0.717) is 34.7 Å². The molecule has 0 saturated carbocycles. The Morgan fingerprint density at radius 2 is 1.74 bits per heavy atom. The fourth-order valence-electron chi connectivity index (χ4n) is 5.03. The number of imidazole rings is 1. The predicted octanol–water partition coefficient (Wildman–Crippen LogP) is 7.09. The third kappa shape index (κ3) is 9.40. The molecule has 4 aromatic rings. The molecule has 47 heavy (non-hydrogen) atoms. The fraction of sp³-hybridized carbons (Fsp3) is 0.543. The Labute approximate surface area is 281 Å². The lowest BCUT2D eigenvalue weighted by Crippen LogP contribution is -2.40. The van der Waals surface area contributed by atoms with E-state index in [2.05, 4.69) is 73.0 Å². The van der Waals surface area contributed by atoms with Gasteiger partial charge in [-0.2, -0.15) is 4.99 Å². The standard InChI is InChI=1S/C35H54N6O4Si2/c1-26-22-27(23-30(36-26)28-24-40(39(5)33(28)43)25-44-20-21-46(6,7)8)32(42)38-34-37-29-16-12-13-17-31(29)41(34)18-14-11-15-19-45-47(9,10)35(2,3)4/h12-13,16-17,22-24H,11,14-15,18-21,25H2,1-10H3,(H,37,38,42). The van der Waals surface area contributed by atoms with E-state index in [1.54, 1.807) is 30.1 Å². The van der Waals surface area contributed by atoms with Gasteiger partial charge in [0.2, 0.25) is 5.62 Å². The normalized spacial score (nSPS) is 13.2. The van der Waals surface area contributed by atoms with Crippen LogP contribution in [0.3, 0.4) is 0 Å². The Bertz CT molecular complexity index is 1820. The van der Waals surface area contributed by atoms with Gasteiger partial charge in [-0.15, -0.1) is 0 Å². The molecule has 0 aliphatic carbocycles. The van der Waals surface area contributed by atoms with Crippen LogP contribution in [0.25, 0.3) is 22.3 Å². The molecule has 3 heterocycles. The highest BCUT2D eigenvalue weighted by atomic mass is 28.4. The predicted molar refractivity (Wildman–Crippen MR) is 195 cm³/mol. The van der Waals surface area contributed by atoms with Crippen molar-refractivity contribution in [3.8, 4) is 11.3 Å². The number of nitrogens with one attached hydrogen (secondary N) is 1. The van der Waals surface area contributed by atoms with Crippen molar-refractivity contribution in [2.45, 2.75) is 104 Å². The average Bonchev–Trinajstić information content (AvgIpc) is 3.47. The maximum Gasteiger partial charge on any atom is 0.280 e. The van der Waals surface area contributed by atoms with Crippen LogP contribution in [-0.2, 0) is 29.5 Å². The van der Waals surface area contributed by atoms with E-state index in [4.69, 9.17) is 9.16 Å². The summed E-state index contributed by atoms with van der Waals surface area (Å²) in [5.41, 5.74) is 4.08. The van der Waals surface area contributed by atoms with Crippen LogP contribution in [0.1, 0.15) is 56.1 Å². The minimum absolute atomic E-state index is 0.199. The maximum atomic E-state index is 13.6. The van der Waals surface area contributed by atoms with Gasteiger partial charge in [0, 0.05) is 52.3 Å². The van der Waals surface area contributed by atoms with Crippen LogP contribution in [0.5, 0.6) is 0 Å². The number of amides is 1. The van der Waals surface area contributed by atoms with Crippen LogP contribution < -0.4 is 11.2 Å². The minimum Gasteiger partial charge on any atom is -0.417 e. The number of pyridine rings is 1. The van der Waals surface area contributed by atoms with Crippen LogP contribution in [0, 0.1) is 6.92 Å². The van der Waals surface area contributed by atoms with Gasteiger partial charge in [-0.05, 0) is 74.6 Å². The lowest BCUT2D eigenvalue weighted by Gasteiger charge is -2.36. The first-order valence-electron chi connectivity index (χ1n) is 16.7. The molecule has 3 aromatic heterocycles. The summed E-state index contributed by atoms with van der Waals surface area (Å²) in [7, 11) is -1.26. The number of para-hydroxylation sites is 2. The van der Waals surface area contributed by atoms with Gasteiger partial charge in [-0.1, -0.05) is 52.5 Å². The molecule has 0 fully saturated rings. The lowest BCUT2D eigenvalue weighted by molar-refractivity contribution is 0.0703. The largest absolute Gasteiger partial charge is 0.417 e. The third-order valence-electron chi connectivity index (χ3n) is 9.08. The molecule has 0 unspecified atom stereocenters. The van der Waals surface area contributed by atoms with Gasteiger partial charge in [-0.25, -0.2) is 0 Å². The van der Waals surface area contributed by atoms with Gasteiger partial charge in [-0.3, -0.25) is 23.9 Å². The van der Waals surface area contributed by atoms with E-state index in [9.17, 15) is 9.59 Å². The molecular formula is C35H54N6O4Si2. The molecule has 0 aliphatic heterocycles. The second kappa shape index (κ2) is 14.8. The van der Waals surface area contributed by atoms with E-state index >= 15 is 0 Å². The summed E-state index contributed by atoms with van der Waals surface area (Å²) in [6.45, 7) is 22.5. The molecule has 0 aliphatic rings.